The van der Waals surface area contributed by atoms with Crippen molar-refractivity contribution in [3.05, 3.63) is 53.6 Å². The van der Waals surface area contributed by atoms with E-state index in [4.69, 9.17) is 31.4 Å². The highest BCUT2D eigenvalue weighted by Gasteiger charge is 2.27. The fourth-order valence-electron chi connectivity index (χ4n) is 3.39. The average Bonchev–Trinajstić information content (AvgIpc) is 2.83. The summed E-state index contributed by atoms with van der Waals surface area (Å²) in [5, 5.41) is 17.7. The monoisotopic (exact) mass is 540 g/mol. The van der Waals surface area contributed by atoms with Crippen LogP contribution in [0.15, 0.2) is 53.4 Å². The third-order valence-corrected chi connectivity index (χ3v) is 7.64. The van der Waals surface area contributed by atoms with Gasteiger partial charge in [0.25, 0.3) is 10.0 Å². The molecule has 196 valence electrons. The zero-order valence-electron chi connectivity index (χ0n) is 19.9. The first kappa shape index (κ1) is 29.0. The summed E-state index contributed by atoms with van der Waals surface area (Å²) in [7, 11) is -1.83. The Balaban J connectivity index is 0.000000678. The molecule has 0 aromatic heterocycles. The maximum atomic E-state index is 13.3. The van der Waals surface area contributed by atoms with Crippen LogP contribution in [0.4, 0.5) is 11.4 Å². The van der Waals surface area contributed by atoms with E-state index in [1.807, 2.05) is 6.07 Å². The summed E-state index contributed by atoms with van der Waals surface area (Å²) >= 11 is 6.24. The molecule has 0 saturated carbocycles. The molecule has 1 heterocycles. The molecule has 0 spiro atoms. The number of piperazine rings is 1. The normalized spacial score (nSPS) is 14.3. The number of hydrogen-bond acceptors (Lipinski definition) is 7. The number of rotatable bonds is 7. The summed E-state index contributed by atoms with van der Waals surface area (Å²) in [5.74, 6) is -3.83. The molecule has 3 rings (SSSR count). The largest absolute Gasteiger partial charge is 0.473 e. The van der Waals surface area contributed by atoms with Crippen LogP contribution in [0.25, 0.3) is 0 Å². The number of hydrogen-bond donors (Lipinski definition) is 3. The van der Waals surface area contributed by atoms with E-state index >= 15 is 0 Å². The summed E-state index contributed by atoms with van der Waals surface area (Å²) in [4.78, 5) is 34.9. The molecule has 11 nitrogen and oxygen atoms in total. The van der Waals surface area contributed by atoms with E-state index in [1.165, 1.54) is 16.4 Å². The number of carbonyl (C=O) groups excluding carboxylic acids is 1. The highest BCUT2D eigenvalue weighted by molar-refractivity contribution is 7.93. The number of nitrogens with zero attached hydrogens (tertiary/aromatic N) is 3. The number of anilines is 2. The van der Waals surface area contributed by atoms with Crippen molar-refractivity contribution in [2.24, 2.45) is 0 Å². The van der Waals surface area contributed by atoms with Gasteiger partial charge in [-0.05, 0) is 44.3 Å². The minimum Gasteiger partial charge on any atom is -0.473 e. The molecule has 1 aliphatic rings. The van der Waals surface area contributed by atoms with Crippen LogP contribution >= 0.6 is 11.6 Å². The summed E-state index contributed by atoms with van der Waals surface area (Å²) in [5.41, 5.74) is 0.960. The number of halogens is 1. The van der Waals surface area contributed by atoms with Gasteiger partial charge >= 0.3 is 11.9 Å². The van der Waals surface area contributed by atoms with Gasteiger partial charge in [-0.25, -0.2) is 18.0 Å². The SMILES string of the molecule is CCN(c1ccccc1)S(=O)(=O)c1cc(NC(=O)CN2CCN(C)CC2)ccc1Cl.O=C(O)C(=O)O. The molecular weight excluding hydrogens is 512 g/mol. The number of nitrogens with one attached hydrogen (secondary N) is 1. The Hall–Kier alpha value is -3.19. The Morgan fingerprint density at radius 2 is 1.58 bits per heavy atom. The highest BCUT2D eigenvalue weighted by atomic mass is 35.5. The van der Waals surface area contributed by atoms with E-state index in [1.54, 1.807) is 37.3 Å². The maximum absolute atomic E-state index is 13.3. The Kier molecular flexibility index (Phi) is 10.7. The predicted molar refractivity (Wildman–Crippen MR) is 136 cm³/mol. The number of amides is 1. The lowest BCUT2D eigenvalue weighted by molar-refractivity contribution is -0.159. The smallest absolute Gasteiger partial charge is 0.414 e. The van der Waals surface area contributed by atoms with Crippen molar-refractivity contribution >= 4 is 50.8 Å². The molecule has 1 aliphatic heterocycles. The number of carboxylic acids is 2. The van der Waals surface area contributed by atoms with Crippen LogP contribution < -0.4 is 9.62 Å². The van der Waals surface area contributed by atoms with E-state index in [2.05, 4.69) is 22.2 Å². The fraction of sp³-hybridized carbons (Fsp3) is 0.348. The molecule has 0 atom stereocenters. The quantitative estimate of drug-likeness (QED) is 0.448. The van der Waals surface area contributed by atoms with Crippen molar-refractivity contribution in [3.63, 3.8) is 0 Å². The third kappa shape index (κ3) is 8.19. The topological polar surface area (TPSA) is 148 Å². The lowest BCUT2D eigenvalue weighted by atomic mass is 10.3. The number of benzene rings is 2. The summed E-state index contributed by atoms with van der Waals surface area (Å²) < 4.78 is 27.9. The van der Waals surface area contributed by atoms with E-state index in [0.29, 0.717) is 11.4 Å². The number of sulfonamides is 1. The van der Waals surface area contributed by atoms with Gasteiger partial charge in [0.1, 0.15) is 4.90 Å². The van der Waals surface area contributed by atoms with Gasteiger partial charge < -0.3 is 20.4 Å². The van der Waals surface area contributed by atoms with Crippen molar-refractivity contribution in [3.8, 4) is 0 Å². The van der Waals surface area contributed by atoms with Crippen LogP contribution in [0.3, 0.4) is 0 Å². The van der Waals surface area contributed by atoms with Crippen LogP contribution in [-0.2, 0) is 24.4 Å². The minimum atomic E-state index is -3.89. The third-order valence-electron chi connectivity index (χ3n) is 5.26. The van der Waals surface area contributed by atoms with Crippen LogP contribution in [0.2, 0.25) is 5.02 Å². The van der Waals surface area contributed by atoms with Crippen molar-refractivity contribution in [1.29, 1.82) is 0 Å². The Bertz CT molecular complexity index is 1160. The van der Waals surface area contributed by atoms with Gasteiger partial charge in [0.2, 0.25) is 5.91 Å². The molecule has 0 unspecified atom stereocenters. The van der Waals surface area contributed by atoms with Gasteiger partial charge in [0.05, 0.1) is 17.3 Å². The summed E-state index contributed by atoms with van der Waals surface area (Å²) in [6.45, 7) is 5.78. The average molecular weight is 541 g/mol. The van der Waals surface area contributed by atoms with Crippen LogP contribution in [0, 0.1) is 0 Å². The zero-order valence-corrected chi connectivity index (χ0v) is 21.5. The summed E-state index contributed by atoms with van der Waals surface area (Å²) in [6.07, 6.45) is 0. The second-order valence-corrected chi connectivity index (χ2v) is 10.1. The highest BCUT2D eigenvalue weighted by Crippen LogP contribution is 2.30. The van der Waals surface area contributed by atoms with Crippen LogP contribution in [0.5, 0.6) is 0 Å². The predicted octanol–water partition coefficient (Wildman–Crippen LogP) is 1.90. The number of aliphatic carboxylic acids is 2. The Morgan fingerprint density at radius 1 is 1.00 bits per heavy atom. The molecule has 1 amide bonds. The first-order valence-electron chi connectivity index (χ1n) is 11.0. The molecule has 13 heteroatoms. The van der Waals surface area contributed by atoms with Crippen molar-refractivity contribution in [1.82, 2.24) is 9.80 Å². The molecule has 1 fully saturated rings. The van der Waals surface area contributed by atoms with Gasteiger partial charge in [-0.1, -0.05) is 29.8 Å². The van der Waals surface area contributed by atoms with Crippen molar-refractivity contribution < 1.29 is 33.0 Å². The standard InChI is InChI=1S/C21H27ClN4O3S.C2H2O4/c1-3-26(18-7-5-4-6-8-18)30(28,29)20-15-17(9-10-19(20)22)23-21(27)16-25-13-11-24(2)12-14-25;3-1(4)2(5)6/h4-10,15H,3,11-14,16H2,1-2H3,(H,23,27);(H,3,4)(H,5,6). The fourth-order valence-corrected chi connectivity index (χ4v) is 5.37. The molecule has 2 aromatic rings. The van der Waals surface area contributed by atoms with Crippen LogP contribution in [-0.4, -0.2) is 92.6 Å². The van der Waals surface area contributed by atoms with Crippen molar-refractivity contribution in [2.45, 2.75) is 11.8 Å². The second kappa shape index (κ2) is 13.2. The lowest BCUT2D eigenvalue weighted by Crippen LogP contribution is -2.47. The number of para-hydroxylation sites is 1. The molecule has 0 bridgehead atoms. The Morgan fingerprint density at radius 3 is 2.11 bits per heavy atom. The van der Waals surface area contributed by atoms with Gasteiger partial charge in [-0.15, -0.1) is 0 Å². The van der Waals surface area contributed by atoms with E-state index < -0.39 is 22.0 Å². The molecule has 2 aromatic carbocycles. The van der Waals surface area contributed by atoms with Gasteiger partial charge in [0.15, 0.2) is 0 Å². The molecule has 0 radical (unpaired) electrons. The zero-order chi connectivity index (χ0) is 26.9. The first-order chi connectivity index (χ1) is 16.9. The number of carboxylic acid groups (broad SMARTS) is 2. The van der Waals surface area contributed by atoms with Crippen molar-refractivity contribution in [2.75, 3.05) is 55.9 Å². The molecule has 0 aliphatic carbocycles. The number of carbonyl (C=O) groups is 3. The van der Waals surface area contributed by atoms with Gasteiger partial charge in [-0.2, -0.15) is 0 Å². The molecular formula is C23H29ClN4O7S. The van der Waals surface area contributed by atoms with Gasteiger partial charge in [-0.3, -0.25) is 14.0 Å². The lowest BCUT2D eigenvalue weighted by Gasteiger charge is -2.31. The molecule has 36 heavy (non-hydrogen) atoms. The number of likely N-dealkylation sites (N-methyl/N-ethyl adjacent to an activating group) is 1. The van der Waals surface area contributed by atoms with E-state index in [-0.39, 0.29) is 28.9 Å². The van der Waals surface area contributed by atoms with Gasteiger partial charge in [0, 0.05) is 38.4 Å². The second-order valence-electron chi connectivity index (χ2n) is 7.89. The molecule has 1 saturated heterocycles. The van der Waals surface area contributed by atoms with E-state index in [0.717, 1.165) is 26.2 Å². The molecule has 3 N–H and O–H groups in total. The Labute approximate surface area is 214 Å². The minimum absolute atomic E-state index is 0.0349. The van der Waals surface area contributed by atoms with Crippen LogP contribution in [0.1, 0.15) is 6.92 Å². The first-order valence-corrected chi connectivity index (χ1v) is 12.8. The summed E-state index contributed by atoms with van der Waals surface area (Å²) in [6, 6.07) is 13.4. The maximum Gasteiger partial charge on any atom is 0.414 e. The van der Waals surface area contributed by atoms with E-state index in [9.17, 15) is 13.2 Å².